The van der Waals surface area contributed by atoms with Gasteiger partial charge >= 0.3 is 7.12 Å². The summed E-state index contributed by atoms with van der Waals surface area (Å²) in [6, 6.07) is 8.43. The fourth-order valence-corrected chi connectivity index (χ4v) is 2.84. The lowest BCUT2D eigenvalue weighted by atomic mass is 9.78. The Labute approximate surface area is 138 Å². The number of hydrogen-bond donors (Lipinski definition) is 1. The highest BCUT2D eigenvalue weighted by molar-refractivity contribution is 7.98. The van der Waals surface area contributed by atoms with E-state index in [4.69, 9.17) is 9.31 Å². The molecular weight excluding hydrogens is 299 g/mol. The van der Waals surface area contributed by atoms with E-state index in [1.165, 1.54) is 4.90 Å². The summed E-state index contributed by atoms with van der Waals surface area (Å²) in [6.45, 7) is 8.27. The van der Waals surface area contributed by atoms with E-state index >= 15 is 0 Å². The van der Waals surface area contributed by atoms with Crippen LogP contribution in [-0.2, 0) is 9.31 Å². The number of benzene rings is 1. The fourth-order valence-electron chi connectivity index (χ4n) is 2.13. The summed E-state index contributed by atoms with van der Waals surface area (Å²) < 4.78 is 12.2. The summed E-state index contributed by atoms with van der Waals surface area (Å²) in [4.78, 5) is 1.25. The zero-order valence-corrected chi connectivity index (χ0v) is 15.1. The van der Waals surface area contributed by atoms with Crippen molar-refractivity contribution in [3.05, 3.63) is 35.3 Å². The molecule has 0 saturated carbocycles. The Balaban J connectivity index is 2.26. The highest BCUT2D eigenvalue weighted by Gasteiger charge is 2.52. The summed E-state index contributed by atoms with van der Waals surface area (Å²) in [6.07, 6.45) is 4.20. The summed E-state index contributed by atoms with van der Waals surface area (Å²) >= 11 is 6.19. The maximum Gasteiger partial charge on any atom is 0.491 e. The van der Waals surface area contributed by atoms with Crippen molar-refractivity contribution >= 4 is 37.6 Å². The second-order valence-electron chi connectivity index (χ2n) is 6.24. The molecule has 1 aromatic carbocycles. The van der Waals surface area contributed by atoms with Crippen molar-refractivity contribution < 1.29 is 9.31 Å². The Hall–Kier alpha value is -0.355. The van der Waals surface area contributed by atoms with Crippen LogP contribution in [0.5, 0.6) is 0 Å². The highest BCUT2D eigenvalue weighted by atomic mass is 32.2. The van der Waals surface area contributed by atoms with Gasteiger partial charge in [0.1, 0.15) is 0 Å². The van der Waals surface area contributed by atoms with Crippen molar-refractivity contribution in [3.63, 3.8) is 0 Å². The molecule has 5 heteroatoms. The van der Waals surface area contributed by atoms with E-state index in [1.807, 2.05) is 0 Å². The van der Waals surface area contributed by atoms with Gasteiger partial charge < -0.3 is 9.31 Å². The molecule has 1 fully saturated rings. The zero-order chi connectivity index (χ0) is 15.7. The first-order valence-corrected chi connectivity index (χ1v) is 8.96. The second-order valence-corrected chi connectivity index (χ2v) is 7.44. The fraction of sp³-hybridized carbons (Fsp3) is 0.500. The number of thiol groups is 1. The summed E-state index contributed by atoms with van der Waals surface area (Å²) in [5, 5.41) is 0. The van der Waals surface area contributed by atoms with Crippen molar-refractivity contribution in [3.8, 4) is 0 Å². The molecule has 0 radical (unpaired) electrons. The van der Waals surface area contributed by atoms with Crippen LogP contribution in [-0.4, -0.2) is 30.3 Å². The molecule has 1 heterocycles. The van der Waals surface area contributed by atoms with Crippen molar-refractivity contribution in [1.29, 1.82) is 0 Å². The molecule has 0 aliphatic carbocycles. The van der Waals surface area contributed by atoms with Crippen molar-refractivity contribution in [1.82, 2.24) is 0 Å². The largest absolute Gasteiger partial charge is 0.491 e. The van der Waals surface area contributed by atoms with Gasteiger partial charge in [-0.2, -0.15) is 12.6 Å². The van der Waals surface area contributed by atoms with Crippen LogP contribution in [0.15, 0.2) is 34.6 Å². The third kappa shape index (κ3) is 3.70. The van der Waals surface area contributed by atoms with E-state index in [0.717, 1.165) is 11.0 Å². The molecule has 0 aromatic heterocycles. The lowest BCUT2D eigenvalue weighted by Gasteiger charge is -2.32. The summed E-state index contributed by atoms with van der Waals surface area (Å²) in [5.41, 5.74) is 1.57. The minimum atomic E-state index is -0.328. The van der Waals surface area contributed by atoms with Crippen molar-refractivity contribution in [2.24, 2.45) is 0 Å². The smallest absolute Gasteiger partial charge is 0.400 e. The first kappa shape index (κ1) is 17.0. The van der Waals surface area contributed by atoms with Crippen LogP contribution in [0.25, 0.3) is 6.08 Å². The van der Waals surface area contributed by atoms with E-state index in [0.29, 0.717) is 5.75 Å². The molecule has 114 valence electrons. The first-order chi connectivity index (χ1) is 9.79. The Morgan fingerprint density at radius 3 is 2.38 bits per heavy atom. The van der Waals surface area contributed by atoms with Crippen LogP contribution in [0.1, 0.15) is 33.3 Å². The average Bonchev–Trinajstić information content (AvgIpc) is 2.65. The maximum absolute atomic E-state index is 6.10. The molecule has 2 nitrogen and oxygen atoms in total. The Bertz CT molecular complexity index is 525. The molecule has 0 spiro atoms. The zero-order valence-electron chi connectivity index (χ0n) is 13.3. The number of rotatable bonds is 4. The minimum absolute atomic E-state index is 0.319. The Morgan fingerprint density at radius 2 is 1.86 bits per heavy atom. The van der Waals surface area contributed by atoms with E-state index in [-0.39, 0.29) is 18.3 Å². The first-order valence-electron chi connectivity index (χ1n) is 7.10. The highest BCUT2D eigenvalue weighted by Crippen LogP contribution is 2.39. The summed E-state index contributed by atoms with van der Waals surface area (Å²) in [7, 11) is -0.328. The predicted molar refractivity (Wildman–Crippen MR) is 96.1 cm³/mol. The van der Waals surface area contributed by atoms with Gasteiger partial charge in [0.25, 0.3) is 0 Å². The molecule has 0 atom stereocenters. The quantitative estimate of drug-likeness (QED) is 0.505. The predicted octanol–water partition coefficient (Wildman–Crippen LogP) is 4.35. The van der Waals surface area contributed by atoms with Crippen LogP contribution in [0.4, 0.5) is 0 Å². The standard InChI is InChI=1S/C16H23BO2S2/c1-15(2)16(3,4)19-17(18-15)13(11-20)9-12-7-6-8-14(10-12)21-5/h6-10,20H,11H2,1-5H3. The van der Waals surface area contributed by atoms with Crippen LogP contribution in [0.2, 0.25) is 0 Å². The van der Waals surface area contributed by atoms with E-state index in [1.54, 1.807) is 11.8 Å². The van der Waals surface area contributed by atoms with Gasteiger partial charge in [-0.25, -0.2) is 0 Å². The summed E-state index contributed by atoms with van der Waals surface area (Å²) in [5.74, 6) is 0.611. The molecule has 1 aromatic rings. The average molecular weight is 322 g/mol. The van der Waals surface area contributed by atoms with E-state index in [9.17, 15) is 0 Å². The lowest BCUT2D eigenvalue weighted by Crippen LogP contribution is -2.41. The van der Waals surface area contributed by atoms with Crippen LogP contribution >= 0.6 is 24.4 Å². The van der Waals surface area contributed by atoms with Crippen LogP contribution in [0.3, 0.4) is 0 Å². The van der Waals surface area contributed by atoms with Gasteiger partial charge in [-0.1, -0.05) is 18.2 Å². The third-order valence-electron chi connectivity index (χ3n) is 4.18. The molecule has 1 aliphatic rings. The molecule has 1 saturated heterocycles. The van der Waals surface area contributed by atoms with Crippen molar-refractivity contribution in [2.75, 3.05) is 12.0 Å². The third-order valence-corrected chi connectivity index (χ3v) is 5.27. The molecule has 0 N–H and O–H groups in total. The van der Waals surface area contributed by atoms with Gasteiger partial charge in [-0.3, -0.25) is 0 Å². The Kier molecular flexibility index (Phi) is 5.19. The van der Waals surface area contributed by atoms with Crippen molar-refractivity contribution in [2.45, 2.75) is 43.8 Å². The van der Waals surface area contributed by atoms with Gasteiger partial charge in [0.2, 0.25) is 0 Å². The molecular formula is C16H23BO2S2. The van der Waals surface area contributed by atoms with Gasteiger partial charge in [-0.15, -0.1) is 11.8 Å². The monoisotopic (exact) mass is 322 g/mol. The molecule has 2 rings (SSSR count). The van der Waals surface area contributed by atoms with Gasteiger partial charge in [0.15, 0.2) is 0 Å². The molecule has 1 aliphatic heterocycles. The minimum Gasteiger partial charge on any atom is -0.400 e. The topological polar surface area (TPSA) is 18.5 Å². The number of hydrogen-bond acceptors (Lipinski definition) is 4. The van der Waals surface area contributed by atoms with E-state index < -0.39 is 0 Å². The van der Waals surface area contributed by atoms with Crippen LogP contribution < -0.4 is 0 Å². The molecule has 0 amide bonds. The molecule has 0 unspecified atom stereocenters. The van der Waals surface area contributed by atoms with E-state index in [2.05, 4.69) is 76.9 Å². The second kappa shape index (κ2) is 6.41. The van der Waals surface area contributed by atoms with Gasteiger partial charge in [0, 0.05) is 10.6 Å². The Morgan fingerprint density at radius 1 is 1.24 bits per heavy atom. The molecule has 0 bridgehead atoms. The van der Waals surface area contributed by atoms with Crippen LogP contribution in [0, 0.1) is 0 Å². The van der Waals surface area contributed by atoms with Gasteiger partial charge in [0.05, 0.1) is 11.2 Å². The SMILES string of the molecule is CSc1cccc(C=C(CS)B2OC(C)(C)C(C)(C)O2)c1. The molecule has 21 heavy (non-hydrogen) atoms. The lowest BCUT2D eigenvalue weighted by molar-refractivity contribution is 0.00578. The maximum atomic E-state index is 6.10. The number of thioether (sulfide) groups is 1. The normalized spacial score (nSPS) is 20.9. The van der Waals surface area contributed by atoms with Gasteiger partial charge in [-0.05, 0) is 57.1 Å².